The summed E-state index contributed by atoms with van der Waals surface area (Å²) < 4.78 is 6.48. The van der Waals surface area contributed by atoms with Crippen LogP contribution in [0.1, 0.15) is 87.3 Å². The van der Waals surface area contributed by atoms with E-state index in [9.17, 15) is 4.79 Å². The van der Waals surface area contributed by atoms with Crippen LogP contribution in [0, 0.1) is 5.92 Å². The maximum Gasteiger partial charge on any atom is 0.235 e. The van der Waals surface area contributed by atoms with Gasteiger partial charge in [0.25, 0.3) is 0 Å². The average molecular weight is 522 g/mol. The van der Waals surface area contributed by atoms with Crippen molar-refractivity contribution < 1.29 is 9.53 Å². The lowest BCUT2D eigenvalue weighted by atomic mass is 9.73. The Morgan fingerprint density at radius 2 is 1.31 bits per heavy atom. The highest BCUT2D eigenvalue weighted by Gasteiger charge is 2.48. The standard InChI is InChI=1S/C36H43NO2/c38-35(37-26-28-21-23-30(24-22-28)39-29-15-5-2-6-16-29)36(25-11-14-27-12-3-1-4-13-27)33-19-9-7-17-31(33)32-18-8-10-20-34(32)36/h1,3-4,7-10,12-13,17-20,28-30H,2,5-6,11,14-16,21-26H2,(H,37,38). The zero-order chi connectivity index (χ0) is 26.5. The molecule has 0 heterocycles. The van der Waals surface area contributed by atoms with E-state index >= 15 is 0 Å². The van der Waals surface area contributed by atoms with E-state index < -0.39 is 5.41 Å². The number of hydrogen-bond acceptors (Lipinski definition) is 2. The Labute approximate surface area is 234 Å². The molecule has 3 aliphatic rings. The van der Waals surface area contributed by atoms with Gasteiger partial charge in [0.05, 0.1) is 12.2 Å². The van der Waals surface area contributed by atoms with Gasteiger partial charge in [0.2, 0.25) is 5.91 Å². The quantitative estimate of drug-likeness (QED) is 0.310. The second kappa shape index (κ2) is 12.1. The number of benzene rings is 3. The molecule has 1 amide bonds. The van der Waals surface area contributed by atoms with Crippen LogP contribution in [0.25, 0.3) is 11.1 Å². The Morgan fingerprint density at radius 1 is 0.718 bits per heavy atom. The number of hydrogen-bond donors (Lipinski definition) is 1. The van der Waals surface area contributed by atoms with Crippen molar-refractivity contribution in [2.24, 2.45) is 5.92 Å². The van der Waals surface area contributed by atoms with Crippen LogP contribution in [-0.2, 0) is 21.4 Å². The van der Waals surface area contributed by atoms with E-state index in [-0.39, 0.29) is 5.91 Å². The van der Waals surface area contributed by atoms with Gasteiger partial charge >= 0.3 is 0 Å². The first-order valence-electron chi connectivity index (χ1n) is 15.4. The summed E-state index contributed by atoms with van der Waals surface area (Å²) in [7, 11) is 0. The van der Waals surface area contributed by atoms with Crippen LogP contribution < -0.4 is 5.32 Å². The lowest BCUT2D eigenvalue weighted by Gasteiger charge is -2.34. The predicted octanol–water partition coefficient (Wildman–Crippen LogP) is 8.00. The summed E-state index contributed by atoms with van der Waals surface area (Å²) in [5, 5.41) is 3.48. The Morgan fingerprint density at radius 3 is 1.97 bits per heavy atom. The molecule has 204 valence electrons. The minimum atomic E-state index is -0.636. The van der Waals surface area contributed by atoms with Gasteiger partial charge in [-0.1, -0.05) is 98.1 Å². The summed E-state index contributed by atoms with van der Waals surface area (Å²) in [6, 6.07) is 27.8. The van der Waals surface area contributed by atoms with E-state index in [1.807, 2.05) is 0 Å². The molecule has 3 heteroatoms. The molecule has 0 atom stereocenters. The molecule has 2 fully saturated rings. The zero-order valence-electron chi connectivity index (χ0n) is 23.2. The summed E-state index contributed by atoms with van der Waals surface area (Å²) in [5.41, 5.74) is 5.46. The van der Waals surface area contributed by atoms with Crippen molar-refractivity contribution in [1.29, 1.82) is 0 Å². The number of fused-ring (bicyclic) bond motifs is 3. The number of amides is 1. The van der Waals surface area contributed by atoms with Crippen molar-refractivity contribution in [3.05, 3.63) is 95.6 Å². The highest BCUT2D eigenvalue weighted by Crippen LogP contribution is 2.51. The molecule has 3 aromatic carbocycles. The molecule has 3 aromatic rings. The number of ether oxygens (including phenoxy) is 1. The normalized spacial score (nSPS) is 22.2. The predicted molar refractivity (Wildman–Crippen MR) is 159 cm³/mol. The second-order valence-electron chi connectivity index (χ2n) is 12.1. The molecule has 0 aromatic heterocycles. The molecule has 0 saturated heterocycles. The van der Waals surface area contributed by atoms with Crippen LogP contribution in [0.3, 0.4) is 0 Å². The highest BCUT2D eigenvalue weighted by atomic mass is 16.5. The average Bonchev–Trinajstić information content (AvgIpc) is 3.28. The third kappa shape index (κ3) is 5.57. The second-order valence-corrected chi connectivity index (χ2v) is 12.1. The van der Waals surface area contributed by atoms with Crippen molar-refractivity contribution in [1.82, 2.24) is 5.32 Å². The van der Waals surface area contributed by atoms with Crippen LogP contribution in [0.15, 0.2) is 78.9 Å². The molecule has 3 nitrogen and oxygen atoms in total. The Bertz CT molecular complexity index is 1190. The van der Waals surface area contributed by atoms with Crippen LogP contribution in [0.4, 0.5) is 0 Å². The van der Waals surface area contributed by atoms with Gasteiger partial charge in [0, 0.05) is 6.54 Å². The summed E-state index contributed by atoms with van der Waals surface area (Å²) >= 11 is 0. The molecular formula is C36H43NO2. The van der Waals surface area contributed by atoms with Gasteiger partial charge < -0.3 is 10.1 Å². The van der Waals surface area contributed by atoms with Gasteiger partial charge in [-0.15, -0.1) is 0 Å². The third-order valence-electron chi connectivity index (χ3n) is 9.59. The Balaban J connectivity index is 1.15. The van der Waals surface area contributed by atoms with E-state index in [0.29, 0.717) is 18.1 Å². The summed E-state index contributed by atoms with van der Waals surface area (Å²) in [6.45, 7) is 0.764. The number of nitrogens with one attached hydrogen (secondary N) is 1. The molecular weight excluding hydrogens is 478 g/mol. The van der Waals surface area contributed by atoms with Crippen molar-refractivity contribution in [3.63, 3.8) is 0 Å². The van der Waals surface area contributed by atoms with Crippen LogP contribution in [0.2, 0.25) is 0 Å². The van der Waals surface area contributed by atoms with E-state index in [0.717, 1.165) is 51.5 Å². The molecule has 0 radical (unpaired) electrons. The van der Waals surface area contributed by atoms with Gasteiger partial charge in [0.1, 0.15) is 5.41 Å². The first-order valence-corrected chi connectivity index (χ1v) is 15.4. The highest BCUT2D eigenvalue weighted by molar-refractivity contribution is 6.00. The lowest BCUT2D eigenvalue weighted by molar-refractivity contribution is -0.125. The molecule has 39 heavy (non-hydrogen) atoms. The molecule has 0 bridgehead atoms. The van der Waals surface area contributed by atoms with E-state index in [1.165, 1.54) is 59.9 Å². The van der Waals surface area contributed by atoms with Crippen molar-refractivity contribution in [2.75, 3.05) is 6.54 Å². The number of carbonyl (C=O) groups excluding carboxylic acids is 1. The molecule has 0 unspecified atom stereocenters. The minimum Gasteiger partial charge on any atom is -0.375 e. The van der Waals surface area contributed by atoms with Gasteiger partial charge in [0.15, 0.2) is 0 Å². The molecule has 1 N–H and O–H groups in total. The smallest absolute Gasteiger partial charge is 0.235 e. The Kier molecular flexibility index (Phi) is 8.16. The topological polar surface area (TPSA) is 38.3 Å². The summed E-state index contributed by atoms with van der Waals surface area (Å²) in [6.07, 6.45) is 14.7. The third-order valence-corrected chi connectivity index (χ3v) is 9.59. The fourth-order valence-electron chi connectivity index (χ4n) is 7.49. The summed E-state index contributed by atoms with van der Waals surface area (Å²) in [5.74, 6) is 0.710. The van der Waals surface area contributed by atoms with Gasteiger partial charge in [-0.3, -0.25) is 4.79 Å². The monoisotopic (exact) mass is 521 g/mol. The molecule has 0 spiro atoms. The van der Waals surface area contributed by atoms with Crippen molar-refractivity contribution >= 4 is 5.91 Å². The zero-order valence-corrected chi connectivity index (χ0v) is 23.2. The number of carbonyl (C=O) groups is 1. The SMILES string of the molecule is O=C(NCC1CCC(OC2CCCCC2)CC1)C1(CCCc2ccccc2)c2ccccc2-c2ccccc21. The largest absolute Gasteiger partial charge is 0.375 e. The van der Waals surface area contributed by atoms with Gasteiger partial charge in [-0.2, -0.15) is 0 Å². The van der Waals surface area contributed by atoms with Crippen LogP contribution in [0.5, 0.6) is 0 Å². The molecule has 2 saturated carbocycles. The number of aryl methyl sites for hydroxylation is 1. The summed E-state index contributed by atoms with van der Waals surface area (Å²) in [4.78, 5) is 14.4. The van der Waals surface area contributed by atoms with Crippen molar-refractivity contribution in [3.8, 4) is 11.1 Å². The van der Waals surface area contributed by atoms with Crippen LogP contribution in [-0.4, -0.2) is 24.7 Å². The lowest BCUT2D eigenvalue weighted by Crippen LogP contribution is -2.46. The first kappa shape index (κ1) is 26.3. The van der Waals surface area contributed by atoms with E-state index in [2.05, 4.69) is 84.2 Å². The maximum atomic E-state index is 14.4. The minimum absolute atomic E-state index is 0.175. The van der Waals surface area contributed by atoms with Gasteiger partial charge in [-0.05, 0) is 91.5 Å². The fourth-order valence-corrected chi connectivity index (χ4v) is 7.49. The van der Waals surface area contributed by atoms with E-state index in [1.54, 1.807) is 0 Å². The number of rotatable bonds is 9. The molecule has 0 aliphatic heterocycles. The van der Waals surface area contributed by atoms with Crippen LogP contribution >= 0.6 is 0 Å². The van der Waals surface area contributed by atoms with Crippen molar-refractivity contribution in [2.45, 2.75) is 94.7 Å². The maximum absolute atomic E-state index is 14.4. The molecule has 3 aliphatic carbocycles. The fraction of sp³-hybridized carbons (Fsp3) is 0.472. The molecule has 6 rings (SSSR count). The van der Waals surface area contributed by atoms with E-state index in [4.69, 9.17) is 4.74 Å². The van der Waals surface area contributed by atoms with Gasteiger partial charge in [-0.25, -0.2) is 0 Å². The Hall–Kier alpha value is -2.91. The first-order chi connectivity index (χ1) is 19.2.